The first-order valence-corrected chi connectivity index (χ1v) is 9.45. The number of amides is 3. The van der Waals surface area contributed by atoms with Gasteiger partial charge in [-0.1, -0.05) is 12.1 Å². The monoisotopic (exact) mass is 519 g/mol. The Morgan fingerprint density at radius 3 is 2.52 bits per heavy atom. The van der Waals surface area contributed by atoms with Crippen LogP contribution in [-0.4, -0.2) is 66.7 Å². The fourth-order valence-corrected chi connectivity index (χ4v) is 2.63. The van der Waals surface area contributed by atoms with Gasteiger partial charge in [-0.25, -0.2) is 4.79 Å². The molecule has 1 fully saturated rings. The van der Waals surface area contributed by atoms with Gasteiger partial charge in [0.1, 0.15) is 5.75 Å². The highest BCUT2D eigenvalue weighted by molar-refractivity contribution is 14.0. The summed E-state index contributed by atoms with van der Waals surface area (Å²) in [6, 6.07) is 6.90. The van der Waals surface area contributed by atoms with Crippen LogP contribution in [0.25, 0.3) is 0 Å². The number of aliphatic hydroxyl groups excluding tert-OH is 1. The number of nitrogens with one attached hydrogen (secondary N) is 3. The van der Waals surface area contributed by atoms with Crippen LogP contribution in [0, 0.1) is 0 Å². The van der Waals surface area contributed by atoms with Crippen molar-refractivity contribution in [3.05, 3.63) is 29.8 Å². The van der Waals surface area contributed by atoms with E-state index in [1.807, 2.05) is 45.0 Å². The summed E-state index contributed by atoms with van der Waals surface area (Å²) in [5.41, 5.74) is 0.745. The van der Waals surface area contributed by atoms with E-state index in [9.17, 15) is 14.7 Å². The van der Waals surface area contributed by atoms with Gasteiger partial charge in [0, 0.05) is 19.6 Å². The van der Waals surface area contributed by atoms with Gasteiger partial charge in [0.15, 0.2) is 5.96 Å². The Hall–Kier alpha value is -2.08. The van der Waals surface area contributed by atoms with Crippen molar-refractivity contribution in [1.82, 2.24) is 20.9 Å². The molecule has 10 heteroatoms. The third kappa shape index (κ3) is 8.05. The van der Waals surface area contributed by atoms with Crippen LogP contribution in [0.4, 0.5) is 4.79 Å². The largest absolute Gasteiger partial charge is 0.491 e. The molecule has 0 aliphatic carbocycles. The number of aliphatic hydroxyl groups is 1. The lowest BCUT2D eigenvalue weighted by molar-refractivity contribution is -0.124. The smallest absolute Gasteiger partial charge is 0.324 e. The van der Waals surface area contributed by atoms with Crippen molar-refractivity contribution in [2.75, 3.05) is 32.7 Å². The zero-order valence-corrected chi connectivity index (χ0v) is 19.3. The first-order chi connectivity index (χ1) is 13.4. The van der Waals surface area contributed by atoms with Crippen molar-refractivity contribution in [3.8, 4) is 5.75 Å². The maximum Gasteiger partial charge on any atom is 0.324 e. The second-order valence-corrected chi connectivity index (χ2v) is 6.60. The van der Waals surface area contributed by atoms with E-state index in [1.165, 1.54) is 0 Å². The fraction of sp³-hybridized carbons (Fsp3) is 0.526. The van der Waals surface area contributed by atoms with Crippen LogP contribution in [0.15, 0.2) is 29.3 Å². The predicted molar refractivity (Wildman–Crippen MR) is 122 cm³/mol. The van der Waals surface area contributed by atoms with Crippen LogP contribution in [0.1, 0.15) is 32.4 Å². The highest BCUT2D eigenvalue weighted by Crippen LogP contribution is 2.19. The maximum atomic E-state index is 11.6. The predicted octanol–water partition coefficient (Wildman–Crippen LogP) is 1.23. The second kappa shape index (κ2) is 12.5. The van der Waals surface area contributed by atoms with E-state index in [2.05, 4.69) is 20.9 Å². The molecule has 0 radical (unpaired) electrons. The Morgan fingerprint density at radius 2 is 1.97 bits per heavy atom. The normalized spacial score (nSPS) is 15.1. The summed E-state index contributed by atoms with van der Waals surface area (Å²) in [6.45, 7) is 7.31. The number of guanidine groups is 1. The number of halogens is 1. The Morgan fingerprint density at radius 1 is 1.28 bits per heavy atom. The standard InChI is InChI=1S/C19H29N5O4.HI/c1-4-20-18(21-9-10-24-17(26)12-23-19(24)27)22-11-16(25)14-5-7-15(8-6-14)28-13(2)3;/h5-8,13,16,25H,4,9-12H2,1-3H3,(H,23,27)(H2,20,21,22);1H. The van der Waals surface area contributed by atoms with E-state index < -0.39 is 6.10 Å². The average Bonchev–Trinajstić information content (AvgIpc) is 2.98. The van der Waals surface area contributed by atoms with E-state index >= 15 is 0 Å². The van der Waals surface area contributed by atoms with Crippen LogP contribution in [0.5, 0.6) is 5.75 Å². The fourth-order valence-electron chi connectivity index (χ4n) is 2.63. The summed E-state index contributed by atoms with van der Waals surface area (Å²) < 4.78 is 5.60. The second-order valence-electron chi connectivity index (χ2n) is 6.60. The van der Waals surface area contributed by atoms with Gasteiger partial charge in [0.2, 0.25) is 5.91 Å². The SMILES string of the molecule is CCNC(=NCC(O)c1ccc(OC(C)C)cc1)NCCN1C(=O)CNC1=O.I. The lowest BCUT2D eigenvalue weighted by Gasteiger charge is -2.16. The molecule has 1 saturated heterocycles. The summed E-state index contributed by atoms with van der Waals surface area (Å²) in [5.74, 6) is 1.02. The molecule has 1 atom stereocenters. The van der Waals surface area contributed by atoms with Crippen LogP contribution >= 0.6 is 24.0 Å². The van der Waals surface area contributed by atoms with E-state index in [1.54, 1.807) is 0 Å². The van der Waals surface area contributed by atoms with Gasteiger partial charge >= 0.3 is 6.03 Å². The number of carbonyl (C=O) groups excluding carboxylic acids is 2. The minimum absolute atomic E-state index is 0. The summed E-state index contributed by atoms with van der Waals surface area (Å²) in [6.07, 6.45) is -0.662. The van der Waals surface area contributed by atoms with E-state index in [0.717, 1.165) is 16.2 Å². The summed E-state index contributed by atoms with van der Waals surface area (Å²) in [7, 11) is 0. The van der Waals surface area contributed by atoms with Crippen LogP contribution in [0.3, 0.4) is 0 Å². The highest BCUT2D eigenvalue weighted by atomic mass is 127. The third-order valence-corrected chi connectivity index (χ3v) is 3.97. The number of aliphatic imine (C=N–C) groups is 1. The van der Waals surface area contributed by atoms with Gasteiger partial charge in [-0.05, 0) is 38.5 Å². The van der Waals surface area contributed by atoms with Gasteiger partial charge < -0.3 is 25.8 Å². The van der Waals surface area contributed by atoms with Crippen molar-refractivity contribution in [1.29, 1.82) is 0 Å². The molecular weight excluding hydrogens is 489 g/mol. The van der Waals surface area contributed by atoms with Crippen molar-refractivity contribution in [3.63, 3.8) is 0 Å². The number of hydrogen-bond donors (Lipinski definition) is 4. The number of carbonyl (C=O) groups is 2. The molecule has 1 aromatic rings. The molecule has 0 aromatic heterocycles. The molecule has 4 N–H and O–H groups in total. The lowest BCUT2D eigenvalue weighted by Crippen LogP contribution is -2.43. The highest BCUT2D eigenvalue weighted by Gasteiger charge is 2.27. The van der Waals surface area contributed by atoms with Gasteiger partial charge in [0.25, 0.3) is 0 Å². The molecule has 1 aromatic carbocycles. The Balaban J connectivity index is 0.00000420. The van der Waals surface area contributed by atoms with Crippen LogP contribution < -0.4 is 20.7 Å². The third-order valence-electron chi connectivity index (χ3n) is 3.97. The topological polar surface area (TPSA) is 115 Å². The summed E-state index contributed by atoms with van der Waals surface area (Å²) in [4.78, 5) is 28.6. The molecule has 9 nitrogen and oxygen atoms in total. The van der Waals surface area contributed by atoms with E-state index in [4.69, 9.17) is 4.74 Å². The molecule has 1 unspecified atom stereocenters. The van der Waals surface area contributed by atoms with E-state index in [-0.39, 0.29) is 61.7 Å². The molecule has 162 valence electrons. The molecule has 0 spiro atoms. The molecule has 2 rings (SSSR count). The van der Waals surface area contributed by atoms with E-state index in [0.29, 0.717) is 19.0 Å². The first-order valence-electron chi connectivity index (χ1n) is 9.45. The zero-order chi connectivity index (χ0) is 20.5. The molecular formula is C19H30IN5O4. The van der Waals surface area contributed by atoms with Gasteiger partial charge in [0.05, 0.1) is 25.3 Å². The number of rotatable bonds is 9. The van der Waals surface area contributed by atoms with Crippen molar-refractivity contribution < 1.29 is 19.4 Å². The minimum Gasteiger partial charge on any atom is -0.491 e. The Kier molecular flexibility index (Phi) is 10.7. The van der Waals surface area contributed by atoms with Gasteiger partial charge in [-0.15, -0.1) is 24.0 Å². The van der Waals surface area contributed by atoms with Gasteiger partial charge in [-0.2, -0.15) is 0 Å². The molecule has 29 heavy (non-hydrogen) atoms. The minimum atomic E-state index is -0.755. The quantitative estimate of drug-likeness (QED) is 0.169. The molecule has 0 saturated carbocycles. The number of hydrogen-bond acceptors (Lipinski definition) is 5. The average molecular weight is 519 g/mol. The molecule has 1 aliphatic heterocycles. The maximum absolute atomic E-state index is 11.6. The van der Waals surface area contributed by atoms with Crippen molar-refractivity contribution in [2.24, 2.45) is 4.99 Å². The van der Waals surface area contributed by atoms with Crippen molar-refractivity contribution in [2.45, 2.75) is 33.0 Å². The van der Waals surface area contributed by atoms with Crippen LogP contribution in [0.2, 0.25) is 0 Å². The number of urea groups is 1. The number of nitrogens with zero attached hydrogens (tertiary/aromatic N) is 2. The Labute approximate surface area is 188 Å². The number of ether oxygens (including phenoxy) is 1. The number of benzene rings is 1. The lowest BCUT2D eigenvalue weighted by atomic mass is 10.1. The zero-order valence-electron chi connectivity index (χ0n) is 17.0. The Bertz CT molecular complexity index is 680. The summed E-state index contributed by atoms with van der Waals surface area (Å²) in [5, 5.41) is 19.0. The number of imide groups is 1. The molecule has 0 bridgehead atoms. The summed E-state index contributed by atoms with van der Waals surface area (Å²) >= 11 is 0. The molecule has 1 heterocycles. The van der Waals surface area contributed by atoms with Crippen molar-refractivity contribution >= 4 is 41.9 Å². The molecule has 1 aliphatic rings. The molecule has 3 amide bonds. The van der Waals surface area contributed by atoms with Gasteiger partial charge in [-0.3, -0.25) is 14.7 Å². The van der Waals surface area contributed by atoms with Crippen LogP contribution in [-0.2, 0) is 4.79 Å². The first kappa shape index (κ1) is 25.0.